The van der Waals surface area contributed by atoms with E-state index in [9.17, 15) is 10.2 Å². The second-order valence-electron chi connectivity index (χ2n) is 3.90. The van der Waals surface area contributed by atoms with Gasteiger partial charge in [0.25, 0.3) is 0 Å². The van der Waals surface area contributed by atoms with Crippen molar-refractivity contribution in [2.75, 3.05) is 6.61 Å². The van der Waals surface area contributed by atoms with E-state index < -0.39 is 24.5 Å². The molecule has 0 saturated carbocycles. The normalized spacial score (nSPS) is 37.5. The molecule has 2 rings (SSSR count). The lowest BCUT2D eigenvalue weighted by Gasteiger charge is -2.30. The van der Waals surface area contributed by atoms with E-state index in [1.807, 2.05) is 0 Å². The lowest BCUT2D eigenvalue weighted by atomic mass is 10.1. The zero-order valence-electron chi connectivity index (χ0n) is 9.10. The number of aliphatic hydroxyl groups is 3. The van der Waals surface area contributed by atoms with Gasteiger partial charge in [0.1, 0.15) is 30.0 Å². The molecule has 0 radical (unpaired) electrons. The van der Waals surface area contributed by atoms with Crippen LogP contribution in [0.1, 0.15) is 0 Å². The molecule has 0 spiro atoms. The summed E-state index contributed by atoms with van der Waals surface area (Å²) in [5, 5.41) is 28.4. The number of hydrogen-bond acceptors (Lipinski definition) is 7. The zero-order chi connectivity index (χ0) is 12.6. The third-order valence-corrected chi connectivity index (χ3v) is 2.75. The van der Waals surface area contributed by atoms with Crippen molar-refractivity contribution in [3.05, 3.63) is 24.7 Å². The van der Waals surface area contributed by atoms with Crippen molar-refractivity contribution in [2.45, 2.75) is 24.5 Å². The van der Waals surface area contributed by atoms with Gasteiger partial charge in [0.15, 0.2) is 6.23 Å². The Morgan fingerprint density at radius 3 is 2.71 bits per heavy atom. The predicted molar refractivity (Wildman–Crippen MR) is 59.5 cm³/mol. The predicted octanol–water partition coefficient (Wildman–Crippen LogP) is -1.92. The molecule has 94 valence electrons. The molecular formula is C10H15N3O4. The Balaban J connectivity index is 2.15. The van der Waals surface area contributed by atoms with Gasteiger partial charge < -0.3 is 30.7 Å². The Morgan fingerprint density at radius 2 is 2.18 bits per heavy atom. The van der Waals surface area contributed by atoms with Gasteiger partial charge >= 0.3 is 0 Å². The molecule has 1 fully saturated rings. The van der Waals surface area contributed by atoms with Crippen molar-refractivity contribution in [1.82, 2.24) is 4.90 Å². The van der Waals surface area contributed by atoms with Gasteiger partial charge in [0.2, 0.25) is 0 Å². The molecular weight excluding hydrogens is 226 g/mol. The van der Waals surface area contributed by atoms with Crippen molar-refractivity contribution >= 4 is 5.84 Å². The lowest BCUT2D eigenvalue weighted by Crippen LogP contribution is -2.41. The van der Waals surface area contributed by atoms with Gasteiger partial charge in [-0.1, -0.05) is 6.58 Å². The van der Waals surface area contributed by atoms with Crippen LogP contribution in [0.5, 0.6) is 0 Å². The molecule has 5 N–H and O–H groups in total. The fourth-order valence-corrected chi connectivity index (χ4v) is 1.83. The van der Waals surface area contributed by atoms with Gasteiger partial charge in [-0.25, -0.2) is 4.99 Å². The number of rotatable bonds is 2. The first kappa shape index (κ1) is 12.1. The van der Waals surface area contributed by atoms with Crippen LogP contribution in [0.3, 0.4) is 0 Å². The van der Waals surface area contributed by atoms with Crippen LogP contribution in [0.4, 0.5) is 0 Å². The van der Waals surface area contributed by atoms with Crippen LogP contribution in [0, 0.1) is 0 Å². The molecule has 17 heavy (non-hydrogen) atoms. The van der Waals surface area contributed by atoms with Crippen LogP contribution in [-0.2, 0) is 4.74 Å². The number of aliphatic imine (C=N–C) groups is 1. The summed E-state index contributed by atoms with van der Waals surface area (Å²) in [6.45, 7) is 3.30. The maximum atomic E-state index is 9.81. The molecule has 0 bridgehead atoms. The molecule has 0 aliphatic carbocycles. The summed E-state index contributed by atoms with van der Waals surface area (Å²) in [7, 11) is 0. The van der Waals surface area contributed by atoms with E-state index >= 15 is 0 Å². The first-order chi connectivity index (χ1) is 8.04. The summed E-state index contributed by atoms with van der Waals surface area (Å²) in [6.07, 6.45) is -0.853. The van der Waals surface area contributed by atoms with Gasteiger partial charge in [-0.2, -0.15) is 0 Å². The van der Waals surface area contributed by atoms with E-state index in [0.29, 0.717) is 11.7 Å². The Morgan fingerprint density at radius 1 is 1.47 bits per heavy atom. The first-order valence-corrected chi connectivity index (χ1v) is 5.16. The number of ether oxygens (including phenoxy) is 1. The summed E-state index contributed by atoms with van der Waals surface area (Å²) in [5.41, 5.74) is 5.48. The number of aliphatic hydroxyl groups excluding tert-OH is 3. The highest BCUT2D eigenvalue weighted by atomic mass is 16.6. The van der Waals surface area contributed by atoms with Gasteiger partial charge in [-0.15, -0.1) is 0 Å². The fourth-order valence-electron chi connectivity index (χ4n) is 1.83. The molecule has 4 unspecified atom stereocenters. The molecule has 2 aliphatic heterocycles. The Labute approximate surface area is 98.1 Å². The summed E-state index contributed by atoms with van der Waals surface area (Å²) >= 11 is 0. The van der Waals surface area contributed by atoms with E-state index in [4.69, 9.17) is 15.6 Å². The van der Waals surface area contributed by atoms with Crippen molar-refractivity contribution in [1.29, 1.82) is 0 Å². The van der Waals surface area contributed by atoms with Crippen LogP contribution in [-0.4, -0.2) is 57.2 Å². The lowest BCUT2D eigenvalue weighted by molar-refractivity contribution is -0.0692. The highest BCUT2D eigenvalue weighted by Gasteiger charge is 2.45. The van der Waals surface area contributed by atoms with Gasteiger partial charge in [0.05, 0.1) is 6.61 Å². The summed E-state index contributed by atoms with van der Waals surface area (Å²) in [5.74, 6) is 0.609. The second kappa shape index (κ2) is 4.46. The van der Waals surface area contributed by atoms with Crippen molar-refractivity contribution in [2.24, 2.45) is 10.7 Å². The Kier molecular flexibility index (Phi) is 3.16. The molecule has 7 heteroatoms. The molecule has 2 aliphatic rings. The number of nitrogens with zero attached hydrogens (tertiary/aromatic N) is 2. The molecule has 2 heterocycles. The number of amidine groups is 1. The summed E-state index contributed by atoms with van der Waals surface area (Å²) in [6, 6.07) is 0. The first-order valence-electron chi connectivity index (χ1n) is 5.16. The average molecular weight is 241 g/mol. The van der Waals surface area contributed by atoms with Crippen LogP contribution < -0.4 is 5.73 Å². The molecule has 0 amide bonds. The fraction of sp³-hybridized carbons (Fsp3) is 0.500. The van der Waals surface area contributed by atoms with Crippen LogP contribution >= 0.6 is 0 Å². The van der Waals surface area contributed by atoms with E-state index in [0.717, 1.165) is 0 Å². The van der Waals surface area contributed by atoms with Crippen molar-refractivity contribution in [3.8, 4) is 0 Å². The maximum absolute atomic E-state index is 9.81. The standard InChI is InChI=1S/C10H15N3O4/c1-5-12-7(11)2-3-13(5)10-9(16)8(15)6(4-14)17-10/h2-3,6,8-10,14-16H,1,4H2,(H2,11,12). The summed E-state index contributed by atoms with van der Waals surface area (Å²) in [4.78, 5) is 5.38. The Bertz CT molecular complexity index is 382. The highest BCUT2D eigenvalue weighted by molar-refractivity contribution is 5.92. The zero-order valence-corrected chi connectivity index (χ0v) is 9.10. The van der Waals surface area contributed by atoms with E-state index in [2.05, 4.69) is 11.6 Å². The third kappa shape index (κ3) is 2.05. The Hall–Kier alpha value is -1.41. The molecule has 7 nitrogen and oxygen atoms in total. The van der Waals surface area contributed by atoms with Crippen LogP contribution in [0.15, 0.2) is 29.7 Å². The third-order valence-electron chi connectivity index (χ3n) is 2.75. The number of hydrogen-bond donors (Lipinski definition) is 4. The van der Waals surface area contributed by atoms with E-state index in [1.165, 1.54) is 11.0 Å². The minimum atomic E-state index is -1.15. The topological polar surface area (TPSA) is 112 Å². The molecule has 0 aromatic heterocycles. The molecule has 0 aromatic rings. The molecule has 0 aromatic carbocycles. The molecule has 4 atom stereocenters. The SMILES string of the molecule is C=C1N=C(N)C=CN1C1OC(CO)C(O)C1O. The van der Waals surface area contributed by atoms with Gasteiger partial charge in [0, 0.05) is 6.20 Å². The van der Waals surface area contributed by atoms with Gasteiger partial charge in [-0.05, 0) is 6.08 Å². The van der Waals surface area contributed by atoms with Crippen molar-refractivity contribution in [3.63, 3.8) is 0 Å². The van der Waals surface area contributed by atoms with Crippen molar-refractivity contribution < 1.29 is 20.1 Å². The van der Waals surface area contributed by atoms with Crippen LogP contribution in [0.25, 0.3) is 0 Å². The highest BCUT2D eigenvalue weighted by Crippen LogP contribution is 2.27. The largest absolute Gasteiger partial charge is 0.394 e. The monoisotopic (exact) mass is 241 g/mol. The smallest absolute Gasteiger partial charge is 0.164 e. The average Bonchev–Trinajstić information content (AvgIpc) is 2.57. The number of nitrogens with two attached hydrogens (primary N) is 1. The van der Waals surface area contributed by atoms with E-state index in [1.54, 1.807) is 6.20 Å². The minimum absolute atomic E-state index is 0.304. The minimum Gasteiger partial charge on any atom is -0.394 e. The second-order valence-corrected chi connectivity index (χ2v) is 3.90. The summed E-state index contributed by atoms with van der Waals surface area (Å²) < 4.78 is 5.33. The van der Waals surface area contributed by atoms with Gasteiger partial charge in [-0.3, -0.25) is 0 Å². The van der Waals surface area contributed by atoms with E-state index in [-0.39, 0.29) is 6.61 Å². The molecule has 1 saturated heterocycles. The maximum Gasteiger partial charge on any atom is 0.164 e. The van der Waals surface area contributed by atoms with Crippen LogP contribution in [0.2, 0.25) is 0 Å². The quantitative estimate of drug-likeness (QED) is 0.448.